The van der Waals surface area contributed by atoms with E-state index in [1.54, 1.807) is 6.26 Å². The molecular formula is C14H24N2O. The molecule has 1 saturated heterocycles. The lowest BCUT2D eigenvalue weighted by atomic mass is 10.2. The molecule has 3 heteroatoms. The molecule has 0 amide bonds. The zero-order valence-corrected chi connectivity index (χ0v) is 10.8. The number of nitrogens with one attached hydrogen (secondary N) is 1. The molecule has 1 unspecified atom stereocenters. The lowest BCUT2D eigenvalue weighted by Crippen LogP contribution is -2.40. The monoisotopic (exact) mass is 236 g/mol. The smallest absolute Gasteiger partial charge is 0.117 e. The van der Waals surface area contributed by atoms with E-state index in [0.717, 1.165) is 18.8 Å². The van der Waals surface area contributed by atoms with Gasteiger partial charge >= 0.3 is 0 Å². The molecule has 0 radical (unpaired) electrons. The van der Waals surface area contributed by atoms with E-state index in [1.807, 2.05) is 12.1 Å². The Morgan fingerprint density at radius 2 is 2.06 bits per heavy atom. The molecule has 1 N–H and O–H groups in total. The van der Waals surface area contributed by atoms with Crippen LogP contribution >= 0.6 is 0 Å². The summed E-state index contributed by atoms with van der Waals surface area (Å²) in [5, 5.41) is 3.47. The number of hydrogen-bond acceptors (Lipinski definition) is 3. The molecule has 1 fully saturated rings. The number of hydrogen-bond donors (Lipinski definition) is 1. The molecule has 0 bridgehead atoms. The molecule has 2 heterocycles. The highest BCUT2D eigenvalue weighted by atomic mass is 16.3. The maximum atomic E-state index is 5.30. The van der Waals surface area contributed by atoms with E-state index >= 15 is 0 Å². The number of likely N-dealkylation sites (tertiary alicyclic amines) is 1. The highest BCUT2D eigenvalue weighted by Gasteiger charge is 2.15. The summed E-state index contributed by atoms with van der Waals surface area (Å²) >= 11 is 0. The Bertz CT molecular complexity index is 289. The molecule has 96 valence electrons. The molecule has 0 aliphatic carbocycles. The second-order valence-corrected chi connectivity index (χ2v) is 5.01. The summed E-state index contributed by atoms with van der Waals surface area (Å²) in [6.45, 7) is 6.74. The molecule has 0 aromatic carbocycles. The molecule has 1 atom stereocenters. The second kappa shape index (κ2) is 6.82. The van der Waals surface area contributed by atoms with Crippen molar-refractivity contribution < 1.29 is 4.42 Å². The van der Waals surface area contributed by atoms with Gasteiger partial charge in [-0.1, -0.05) is 12.8 Å². The summed E-state index contributed by atoms with van der Waals surface area (Å²) in [5.41, 5.74) is 0. The quantitative estimate of drug-likeness (QED) is 0.852. The van der Waals surface area contributed by atoms with Crippen molar-refractivity contribution in [1.82, 2.24) is 10.2 Å². The number of nitrogens with zero attached hydrogens (tertiary/aromatic N) is 1. The topological polar surface area (TPSA) is 28.4 Å². The van der Waals surface area contributed by atoms with Crippen molar-refractivity contribution in [2.24, 2.45) is 0 Å². The van der Waals surface area contributed by atoms with Crippen LogP contribution in [0, 0.1) is 0 Å². The fraction of sp³-hybridized carbons (Fsp3) is 0.714. The molecule has 1 aliphatic rings. The maximum absolute atomic E-state index is 5.30. The maximum Gasteiger partial charge on any atom is 0.117 e. The van der Waals surface area contributed by atoms with Crippen LogP contribution in [0.2, 0.25) is 0 Å². The van der Waals surface area contributed by atoms with E-state index in [4.69, 9.17) is 4.42 Å². The van der Waals surface area contributed by atoms with Gasteiger partial charge in [-0.2, -0.15) is 0 Å². The molecule has 2 rings (SSSR count). The van der Waals surface area contributed by atoms with Gasteiger partial charge in [0.25, 0.3) is 0 Å². The average molecular weight is 236 g/mol. The molecule has 3 nitrogen and oxygen atoms in total. The summed E-state index contributed by atoms with van der Waals surface area (Å²) in [6, 6.07) is 4.59. The van der Waals surface area contributed by atoms with Crippen molar-refractivity contribution in [1.29, 1.82) is 0 Å². The van der Waals surface area contributed by atoms with E-state index in [2.05, 4.69) is 17.1 Å². The van der Waals surface area contributed by atoms with E-state index in [1.165, 1.54) is 38.8 Å². The number of furan rings is 1. The third-order valence-electron chi connectivity index (χ3n) is 3.58. The highest BCUT2D eigenvalue weighted by Crippen LogP contribution is 2.12. The molecule has 1 aliphatic heterocycles. The van der Waals surface area contributed by atoms with Crippen LogP contribution in [0.5, 0.6) is 0 Å². The van der Waals surface area contributed by atoms with Gasteiger partial charge in [-0.05, 0) is 45.0 Å². The fourth-order valence-electron chi connectivity index (χ4n) is 2.48. The van der Waals surface area contributed by atoms with Crippen LogP contribution in [-0.4, -0.2) is 30.6 Å². The summed E-state index contributed by atoms with van der Waals surface area (Å²) < 4.78 is 5.30. The fourth-order valence-corrected chi connectivity index (χ4v) is 2.48. The van der Waals surface area contributed by atoms with Gasteiger partial charge in [0.05, 0.1) is 12.8 Å². The van der Waals surface area contributed by atoms with Crippen LogP contribution in [0.1, 0.15) is 38.4 Å². The van der Waals surface area contributed by atoms with Gasteiger partial charge in [0.2, 0.25) is 0 Å². The summed E-state index contributed by atoms with van der Waals surface area (Å²) in [5.74, 6) is 1.02. The van der Waals surface area contributed by atoms with Crippen LogP contribution in [0.15, 0.2) is 22.8 Å². The summed E-state index contributed by atoms with van der Waals surface area (Å²) in [7, 11) is 0. The lowest BCUT2D eigenvalue weighted by Gasteiger charge is -2.27. The minimum Gasteiger partial charge on any atom is -0.468 e. The predicted octanol–water partition coefficient (Wildman–Crippen LogP) is 2.63. The Morgan fingerprint density at radius 1 is 1.29 bits per heavy atom. The normalized spacial score (nSPS) is 20.1. The zero-order valence-electron chi connectivity index (χ0n) is 10.8. The van der Waals surface area contributed by atoms with Gasteiger partial charge < -0.3 is 9.73 Å². The van der Waals surface area contributed by atoms with Crippen LogP contribution in [0.25, 0.3) is 0 Å². The minimum atomic E-state index is 0.628. The van der Waals surface area contributed by atoms with Gasteiger partial charge in [-0.25, -0.2) is 0 Å². The molecular weight excluding hydrogens is 212 g/mol. The second-order valence-electron chi connectivity index (χ2n) is 5.01. The van der Waals surface area contributed by atoms with Crippen molar-refractivity contribution in [3.63, 3.8) is 0 Å². The Morgan fingerprint density at radius 3 is 2.71 bits per heavy atom. The van der Waals surface area contributed by atoms with Gasteiger partial charge in [-0.3, -0.25) is 4.90 Å². The third kappa shape index (κ3) is 4.17. The van der Waals surface area contributed by atoms with Crippen molar-refractivity contribution in [2.45, 2.75) is 45.2 Å². The molecule has 0 spiro atoms. The first kappa shape index (κ1) is 12.7. The van der Waals surface area contributed by atoms with Crippen molar-refractivity contribution >= 4 is 0 Å². The Balaban J connectivity index is 1.67. The van der Waals surface area contributed by atoms with Gasteiger partial charge in [0.15, 0.2) is 0 Å². The first-order valence-corrected chi connectivity index (χ1v) is 6.83. The van der Waals surface area contributed by atoms with Gasteiger partial charge in [0, 0.05) is 12.6 Å². The average Bonchev–Trinajstić information content (AvgIpc) is 2.69. The van der Waals surface area contributed by atoms with Gasteiger partial charge in [-0.15, -0.1) is 0 Å². The van der Waals surface area contributed by atoms with Crippen molar-refractivity contribution in [3.05, 3.63) is 24.2 Å². The predicted molar refractivity (Wildman–Crippen MR) is 69.9 cm³/mol. The first-order valence-electron chi connectivity index (χ1n) is 6.83. The lowest BCUT2D eigenvalue weighted by molar-refractivity contribution is 0.211. The van der Waals surface area contributed by atoms with E-state index in [-0.39, 0.29) is 0 Å². The third-order valence-corrected chi connectivity index (χ3v) is 3.58. The minimum absolute atomic E-state index is 0.628. The molecule has 1 aromatic rings. The molecule has 1 aromatic heterocycles. The van der Waals surface area contributed by atoms with Crippen molar-refractivity contribution in [2.75, 3.05) is 19.6 Å². The summed E-state index contributed by atoms with van der Waals surface area (Å²) in [4.78, 5) is 2.61. The van der Waals surface area contributed by atoms with E-state index in [9.17, 15) is 0 Å². The zero-order chi connectivity index (χ0) is 11.9. The Kier molecular flexibility index (Phi) is 5.08. The van der Waals surface area contributed by atoms with Gasteiger partial charge in [0.1, 0.15) is 5.76 Å². The van der Waals surface area contributed by atoms with E-state index in [0.29, 0.717) is 6.04 Å². The molecule has 0 saturated carbocycles. The van der Waals surface area contributed by atoms with Crippen molar-refractivity contribution in [3.8, 4) is 0 Å². The standard InChI is InChI=1S/C14H24N2O/c1-13(16-8-4-2-3-5-9-16)11-15-12-14-7-6-10-17-14/h6-7,10,13,15H,2-5,8-9,11-12H2,1H3. The number of rotatable bonds is 5. The summed E-state index contributed by atoms with van der Waals surface area (Å²) in [6.07, 6.45) is 7.27. The van der Waals surface area contributed by atoms with E-state index < -0.39 is 0 Å². The SMILES string of the molecule is CC(CNCc1ccco1)N1CCCCCC1. The van der Waals surface area contributed by atoms with Crippen LogP contribution in [0.3, 0.4) is 0 Å². The molecule has 17 heavy (non-hydrogen) atoms. The van der Waals surface area contributed by atoms with Crippen LogP contribution < -0.4 is 5.32 Å². The van der Waals surface area contributed by atoms with Crippen LogP contribution in [0.4, 0.5) is 0 Å². The first-order chi connectivity index (χ1) is 8.36. The van der Waals surface area contributed by atoms with Crippen LogP contribution in [-0.2, 0) is 6.54 Å². The highest BCUT2D eigenvalue weighted by molar-refractivity contribution is 4.97. The largest absolute Gasteiger partial charge is 0.468 e. The Hall–Kier alpha value is -0.800. The Labute approximate surface area is 104 Å².